The molecule has 0 aliphatic heterocycles. The lowest BCUT2D eigenvalue weighted by molar-refractivity contribution is 0.0526. The fourth-order valence-electron chi connectivity index (χ4n) is 6.32. The number of rotatable bonds is 14. The average molecular weight is 641 g/mol. The number of hydrogen-bond acceptors (Lipinski definition) is 6. The zero-order chi connectivity index (χ0) is 34.4. The first-order valence-electron chi connectivity index (χ1n) is 16.5. The van der Waals surface area contributed by atoms with E-state index >= 15 is 0 Å². The van der Waals surface area contributed by atoms with Crippen molar-refractivity contribution >= 4 is 0 Å². The van der Waals surface area contributed by atoms with Crippen LogP contribution < -0.4 is 9.47 Å². The number of aryl methyl sites for hydroxylation is 6. The molecule has 2 atom stereocenters. The lowest BCUT2D eigenvalue weighted by atomic mass is 9.90. The third-order valence-corrected chi connectivity index (χ3v) is 9.18. The normalized spacial score (nSPS) is 12.7. The molecule has 0 heterocycles. The zero-order valence-corrected chi connectivity index (χ0v) is 29.3. The Morgan fingerprint density at radius 3 is 1.06 bits per heavy atom. The summed E-state index contributed by atoms with van der Waals surface area (Å²) in [6, 6.07) is 17.4. The smallest absolute Gasteiger partial charge is 0.126 e. The van der Waals surface area contributed by atoms with Crippen molar-refractivity contribution in [3.05, 3.63) is 126 Å². The van der Waals surface area contributed by atoms with Crippen molar-refractivity contribution < 1.29 is 29.9 Å². The van der Waals surface area contributed by atoms with Crippen LogP contribution in [0.1, 0.15) is 77.9 Å². The van der Waals surface area contributed by atoms with Crippen molar-refractivity contribution in [2.45, 2.75) is 86.9 Å². The second-order valence-electron chi connectivity index (χ2n) is 13.4. The van der Waals surface area contributed by atoms with E-state index < -0.39 is 25.4 Å². The van der Waals surface area contributed by atoms with E-state index in [0.717, 1.165) is 33.4 Å². The molecule has 0 radical (unpaired) electrons. The van der Waals surface area contributed by atoms with Gasteiger partial charge in [-0.05, 0) is 122 Å². The maximum Gasteiger partial charge on any atom is 0.126 e. The van der Waals surface area contributed by atoms with Gasteiger partial charge in [0.05, 0.1) is 13.2 Å². The number of hydrogen-bond donors (Lipinski definition) is 4. The van der Waals surface area contributed by atoms with Crippen molar-refractivity contribution in [3.63, 3.8) is 0 Å². The van der Waals surface area contributed by atoms with Gasteiger partial charge < -0.3 is 29.9 Å². The molecule has 0 aromatic heterocycles. The first-order chi connectivity index (χ1) is 22.3. The number of aliphatic hydroxyl groups excluding tert-OH is 4. The van der Waals surface area contributed by atoms with Gasteiger partial charge in [-0.1, -0.05) is 59.7 Å². The number of aliphatic hydroxyl groups is 4. The lowest BCUT2D eigenvalue weighted by Gasteiger charge is -2.22. The van der Waals surface area contributed by atoms with Gasteiger partial charge >= 0.3 is 0 Å². The van der Waals surface area contributed by atoms with Gasteiger partial charge in [0.15, 0.2) is 0 Å². The summed E-state index contributed by atoms with van der Waals surface area (Å²) >= 11 is 0. The van der Waals surface area contributed by atoms with Crippen molar-refractivity contribution in [2.24, 2.45) is 0 Å². The summed E-state index contributed by atoms with van der Waals surface area (Å²) in [5, 5.41) is 39.6. The molecule has 4 aromatic carbocycles. The Hall–Kier alpha value is -3.68. The molecule has 0 aliphatic carbocycles. The molecule has 0 saturated carbocycles. The highest BCUT2D eigenvalue weighted by Gasteiger charge is 2.20. The van der Waals surface area contributed by atoms with Crippen LogP contribution >= 0.6 is 0 Å². The molecule has 4 aromatic rings. The summed E-state index contributed by atoms with van der Waals surface area (Å²) in [6.45, 7) is 16.1. The highest BCUT2D eigenvalue weighted by molar-refractivity contribution is 5.54. The molecule has 6 nitrogen and oxygen atoms in total. The molecular formula is C41H52O6. The van der Waals surface area contributed by atoms with E-state index in [9.17, 15) is 20.4 Å². The molecule has 6 heteroatoms. The molecule has 252 valence electrons. The van der Waals surface area contributed by atoms with Gasteiger partial charge in [-0.2, -0.15) is 0 Å². The highest BCUT2D eigenvalue weighted by atomic mass is 16.5. The fourth-order valence-corrected chi connectivity index (χ4v) is 6.32. The minimum atomic E-state index is -1.01. The average Bonchev–Trinajstić information content (AvgIpc) is 3.01. The molecule has 0 saturated heterocycles. The maximum atomic E-state index is 10.3. The quantitative estimate of drug-likeness (QED) is 0.128. The van der Waals surface area contributed by atoms with E-state index in [1.165, 1.54) is 44.5 Å². The molecule has 0 aliphatic rings. The minimum Gasteiger partial charge on any atom is -0.490 e. The van der Waals surface area contributed by atoms with E-state index in [4.69, 9.17) is 9.47 Å². The molecule has 4 N–H and O–H groups in total. The molecule has 0 bridgehead atoms. The van der Waals surface area contributed by atoms with Gasteiger partial charge in [-0.25, -0.2) is 0 Å². The largest absolute Gasteiger partial charge is 0.490 e. The van der Waals surface area contributed by atoms with E-state index in [1.807, 2.05) is 0 Å². The van der Waals surface area contributed by atoms with Gasteiger partial charge in [0.2, 0.25) is 0 Å². The van der Waals surface area contributed by atoms with E-state index in [0.29, 0.717) is 30.8 Å². The maximum absolute atomic E-state index is 10.3. The Kier molecular flexibility index (Phi) is 12.3. The summed E-state index contributed by atoms with van der Waals surface area (Å²) in [7, 11) is 0. The van der Waals surface area contributed by atoms with E-state index in [2.05, 4.69) is 104 Å². The SMILES string of the molecule is Cc1cc(Cc2cc(C)c(C)c(C)c2)c(OCC(O)CO)c(Cc2cc(C)cc(Cc3cc(C)c(C)c(C)c3)c2OCC(O)CO)c1. The minimum absolute atomic E-state index is 0.0389. The van der Waals surface area contributed by atoms with Crippen molar-refractivity contribution in [3.8, 4) is 11.5 Å². The van der Waals surface area contributed by atoms with Crippen molar-refractivity contribution in [2.75, 3.05) is 26.4 Å². The van der Waals surface area contributed by atoms with Crippen LogP contribution in [0.2, 0.25) is 0 Å². The molecule has 4 rings (SSSR count). The third-order valence-electron chi connectivity index (χ3n) is 9.18. The second kappa shape index (κ2) is 15.9. The molecule has 0 amide bonds. The first-order valence-corrected chi connectivity index (χ1v) is 16.5. The third kappa shape index (κ3) is 9.23. The van der Waals surface area contributed by atoms with E-state index in [1.54, 1.807) is 0 Å². The van der Waals surface area contributed by atoms with Crippen LogP contribution in [0, 0.1) is 55.4 Å². The van der Waals surface area contributed by atoms with Crippen LogP contribution in [0.5, 0.6) is 11.5 Å². The van der Waals surface area contributed by atoms with E-state index in [-0.39, 0.29) is 13.2 Å². The van der Waals surface area contributed by atoms with Gasteiger partial charge in [-0.15, -0.1) is 0 Å². The Bertz CT molecular complexity index is 1530. The molecular weight excluding hydrogens is 588 g/mol. The van der Waals surface area contributed by atoms with Gasteiger partial charge in [-0.3, -0.25) is 0 Å². The summed E-state index contributed by atoms with van der Waals surface area (Å²) in [6.07, 6.45) is -0.230. The highest BCUT2D eigenvalue weighted by Crippen LogP contribution is 2.36. The monoisotopic (exact) mass is 640 g/mol. The summed E-state index contributed by atoms with van der Waals surface area (Å²) in [5.41, 5.74) is 15.9. The van der Waals surface area contributed by atoms with Gasteiger partial charge in [0.1, 0.15) is 36.9 Å². The number of benzene rings is 4. The topological polar surface area (TPSA) is 99.4 Å². The van der Waals surface area contributed by atoms with Crippen LogP contribution in [0.4, 0.5) is 0 Å². The molecule has 47 heavy (non-hydrogen) atoms. The predicted octanol–water partition coefficient (Wildman–Crippen LogP) is 6.39. The Balaban J connectivity index is 1.83. The number of ether oxygens (including phenoxy) is 2. The molecule has 0 fully saturated rings. The van der Waals surface area contributed by atoms with Crippen LogP contribution in [0.15, 0.2) is 48.5 Å². The Morgan fingerprint density at radius 1 is 0.468 bits per heavy atom. The standard InChI is InChI=1S/C41H52O6/c1-24-9-34(17-32-13-26(3)30(7)27(4)14-32)40(46-22-38(44)20-42)36(11-24)19-37-12-25(2)10-35(41(37)47-23-39(45)21-43)18-33-15-28(5)31(8)29(6)16-33/h9-16,38-39,42-45H,17-23H2,1-8H3. The summed E-state index contributed by atoms with van der Waals surface area (Å²) < 4.78 is 12.7. The van der Waals surface area contributed by atoms with Gasteiger partial charge in [0.25, 0.3) is 0 Å². The van der Waals surface area contributed by atoms with Crippen LogP contribution in [-0.2, 0) is 19.3 Å². The Labute approximate surface area is 280 Å². The molecule has 2 unspecified atom stereocenters. The van der Waals surface area contributed by atoms with Crippen LogP contribution in [-0.4, -0.2) is 59.1 Å². The summed E-state index contributed by atoms with van der Waals surface area (Å²) in [5.74, 6) is 1.38. The first kappa shape index (κ1) is 36.2. The second-order valence-corrected chi connectivity index (χ2v) is 13.4. The summed E-state index contributed by atoms with van der Waals surface area (Å²) in [4.78, 5) is 0. The predicted molar refractivity (Wildman–Crippen MR) is 189 cm³/mol. The van der Waals surface area contributed by atoms with Crippen LogP contribution in [0.3, 0.4) is 0 Å². The van der Waals surface area contributed by atoms with Crippen LogP contribution in [0.25, 0.3) is 0 Å². The fraction of sp³-hybridized carbons (Fsp3) is 0.415. The zero-order valence-electron chi connectivity index (χ0n) is 29.3. The Morgan fingerprint density at radius 2 is 0.766 bits per heavy atom. The lowest BCUT2D eigenvalue weighted by Crippen LogP contribution is -2.23. The van der Waals surface area contributed by atoms with Gasteiger partial charge in [0, 0.05) is 19.3 Å². The van der Waals surface area contributed by atoms with Crippen molar-refractivity contribution in [1.82, 2.24) is 0 Å². The molecule has 0 spiro atoms. The van der Waals surface area contributed by atoms with Crippen molar-refractivity contribution in [1.29, 1.82) is 0 Å².